The van der Waals surface area contributed by atoms with Crippen LogP contribution in [-0.4, -0.2) is 60.1 Å². The molecule has 2 N–H and O–H groups in total. The summed E-state index contributed by atoms with van der Waals surface area (Å²) in [6.45, 7) is 3.40. The summed E-state index contributed by atoms with van der Waals surface area (Å²) in [6.07, 6.45) is 2.60. The standard InChI is InChI=1S/C22H27FN2O5/c1-4-12-10-25-6-5-22(28)19-16(7-13(23)8-18(19)29-2)24-20(22)17(25)9-14(12)15(11-26)21(27)30-3/h7-8,11-12,14,17,26,28H,4-6,9-10H2,1-3H3/b15-11+/t12-,14+,17+,22+/m1/s1. The van der Waals surface area contributed by atoms with E-state index in [1.807, 2.05) is 0 Å². The van der Waals surface area contributed by atoms with Gasteiger partial charge < -0.3 is 19.7 Å². The van der Waals surface area contributed by atoms with E-state index in [0.717, 1.165) is 12.7 Å². The molecule has 7 nitrogen and oxygen atoms in total. The van der Waals surface area contributed by atoms with Crippen molar-refractivity contribution in [1.29, 1.82) is 0 Å². The number of carbonyl (C=O) groups is 1. The summed E-state index contributed by atoms with van der Waals surface area (Å²) in [5.74, 6) is -0.829. The normalized spacial score (nSPS) is 30.8. The number of halogens is 1. The van der Waals surface area contributed by atoms with E-state index in [1.165, 1.54) is 26.4 Å². The molecule has 0 bridgehead atoms. The quantitative estimate of drug-likeness (QED) is 0.444. The van der Waals surface area contributed by atoms with Crippen LogP contribution in [0.1, 0.15) is 31.7 Å². The lowest BCUT2D eigenvalue weighted by Crippen LogP contribution is -2.60. The molecule has 3 aliphatic heterocycles. The molecule has 3 heterocycles. The highest BCUT2D eigenvalue weighted by Gasteiger charge is 2.54. The zero-order valence-electron chi connectivity index (χ0n) is 17.4. The summed E-state index contributed by atoms with van der Waals surface area (Å²) in [4.78, 5) is 19.2. The molecule has 0 unspecified atom stereocenters. The topological polar surface area (TPSA) is 91.6 Å². The van der Waals surface area contributed by atoms with Crippen LogP contribution < -0.4 is 4.74 Å². The van der Waals surface area contributed by atoms with E-state index in [9.17, 15) is 19.4 Å². The van der Waals surface area contributed by atoms with Crippen LogP contribution in [0, 0.1) is 17.7 Å². The molecule has 30 heavy (non-hydrogen) atoms. The number of esters is 1. The zero-order valence-corrected chi connectivity index (χ0v) is 17.4. The minimum atomic E-state index is -1.34. The van der Waals surface area contributed by atoms with E-state index in [-0.39, 0.29) is 29.2 Å². The second-order valence-electron chi connectivity index (χ2n) is 8.21. The van der Waals surface area contributed by atoms with Crippen LogP contribution >= 0.6 is 0 Å². The lowest BCUT2D eigenvalue weighted by molar-refractivity contribution is -0.137. The first-order valence-electron chi connectivity index (χ1n) is 10.2. The van der Waals surface area contributed by atoms with Crippen molar-refractivity contribution in [1.82, 2.24) is 4.90 Å². The number of aliphatic hydroxyl groups excluding tert-OH is 1. The van der Waals surface area contributed by atoms with Gasteiger partial charge in [0.15, 0.2) is 0 Å². The molecule has 4 atom stereocenters. The fraction of sp³-hybridized carbons (Fsp3) is 0.545. The fourth-order valence-corrected chi connectivity index (χ4v) is 5.37. The van der Waals surface area contributed by atoms with Gasteiger partial charge in [-0.3, -0.25) is 9.89 Å². The Morgan fingerprint density at radius 3 is 2.83 bits per heavy atom. The second-order valence-corrected chi connectivity index (χ2v) is 8.21. The number of fused-ring (bicyclic) bond motifs is 5. The number of methoxy groups -OCH3 is 2. The van der Waals surface area contributed by atoms with Crippen molar-refractivity contribution in [3.05, 3.63) is 35.3 Å². The van der Waals surface area contributed by atoms with Gasteiger partial charge in [-0.1, -0.05) is 13.3 Å². The lowest BCUT2D eigenvalue weighted by Gasteiger charge is -2.50. The van der Waals surface area contributed by atoms with E-state index in [4.69, 9.17) is 9.47 Å². The first-order valence-corrected chi connectivity index (χ1v) is 10.2. The number of nitrogens with zero attached hydrogens (tertiary/aromatic N) is 2. The van der Waals surface area contributed by atoms with E-state index < -0.39 is 17.4 Å². The Morgan fingerprint density at radius 2 is 2.20 bits per heavy atom. The summed E-state index contributed by atoms with van der Waals surface area (Å²) in [5, 5.41) is 21.4. The highest BCUT2D eigenvalue weighted by molar-refractivity contribution is 6.05. The van der Waals surface area contributed by atoms with Crippen molar-refractivity contribution in [2.45, 2.75) is 37.8 Å². The highest BCUT2D eigenvalue weighted by atomic mass is 19.1. The zero-order chi connectivity index (χ0) is 21.6. The van der Waals surface area contributed by atoms with Crippen molar-refractivity contribution in [2.75, 3.05) is 27.3 Å². The number of carbonyl (C=O) groups excluding carboxylic acids is 1. The first-order chi connectivity index (χ1) is 14.4. The van der Waals surface area contributed by atoms with Crippen LogP contribution in [0.25, 0.3) is 0 Å². The summed E-state index contributed by atoms with van der Waals surface area (Å²) < 4.78 is 24.3. The number of benzene rings is 1. The molecule has 0 amide bonds. The Morgan fingerprint density at radius 1 is 1.43 bits per heavy atom. The van der Waals surface area contributed by atoms with E-state index in [1.54, 1.807) is 0 Å². The summed E-state index contributed by atoms with van der Waals surface area (Å²) in [7, 11) is 2.74. The van der Waals surface area contributed by atoms with Gasteiger partial charge in [-0.05, 0) is 24.7 Å². The summed E-state index contributed by atoms with van der Waals surface area (Å²) in [6, 6.07) is 2.34. The van der Waals surface area contributed by atoms with Gasteiger partial charge in [0.2, 0.25) is 0 Å². The molecule has 0 radical (unpaired) electrons. The molecule has 2 fully saturated rings. The first kappa shape index (κ1) is 20.8. The van der Waals surface area contributed by atoms with Crippen LogP contribution in [0.4, 0.5) is 10.1 Å². The Kier molecular flexibility index (Phi) is 5.32. The van der Waals surface area contributed by atoms with Gasteiger partial charge in [-0.25, -0.2) is 9.18 Å². The Balaban J connectivity index is 1.74. The molecule has 1 aromatic carbocycles. The number of hydrogen-bond donors (Lipinski definition) is 2. The molecule has 1 aromatic rings. The molecule has 0 aromatic heterocycles. The minimum Gasteiger partial charge on any atom is -0.515 e. The number of aliphatic imine (C=N–C) groups is 1. The highest BCUT2D eigenvalue weighted by Crippen LogP contribution is 2.51. The maximum Gasteiger partial charge on any atom is 0.337 e. The molecule has 2 saturated heterocycles. The van der Waals surface area contributed by atoms with Crippen LogP contribution in [0.15, 0.2) is 29.0 Å². The predicted octanol–water partition coefficient (Wildman–Crippen LogP) is 2.84. The summed E-state index contributed by atoms with van der Waals surface area (Å²) >= 11 is 0. The number of ether oxygens (including phenoxy) is 2. The molecular weight excluding hydrogens is 391 g/mol. The maximum atomic E-state index is 14.1. The van der Waals surface area contributed by atoms with E-state index in [0.29, 0.717) is 42.9 Å². The third kappa shape index (κ3) is 3.01. The van der Waals surface area contributed by atoms with Crippen LogP contribution in [0.3, 0.4) is 0 Å². The smallest absolute Gasteiger partial charge is 0.337 e. The molecule has 8 heteroatoms. The molecule has 0 saturated carbocycles. The monoisotopic (exact) mass is 418 g/mol. The van der Waals surface area contributed by atoms with Crippen molar-refractivity contribution in [3.63, 3.8) is 0 Å². The molecule has 3 aliphatic rings. The van der Waals surface area contributed by atoms with Gasteiger partial charge in [0, 0.05) is 25.2 Å². The van der Waals surface area contributed by atoms with Crippen LogP contribution in [0.5, 0.6) is 5.75 Å². The second kappa shape index (κ2) is 7.67. The third-order valence-corrected chi connectivity index (χ3v) is 6.86. The minimum absolute atomic E-state index is 0.154. The third-order valence-electron chi connectivity index (χ3n) is 6.86. The summed E-state index contributed by atoms with van der Waals surface area (Å²) in [5.41, 5.74) is 0.326. The number of piperidine rings is 2. The molecular formula is C22H27FN2O5. The van der Waals surface area contributed by atoms with Gasteiger partial charge in [-0.15, -0.1) is 0 Å². The molecule has 4 rings (SSSR count). The van der Waals surface area contributed by atoms with Gasteiger partial charge in [-0.2, -0.15) is 0 Å². The average Bonchev–Trinajstić information content (AvgIpc) is 3.05. The molecule has 162 valence electrons. The Labute approximate surface area is 174 Å². The van der Waals surface area contributed by atoms with Crippen LogP contribution in [-0.2, 0) is 15.1 Å². The van der Waals surface area contributed by atoms with Crippen LogP contribution in [0.2, 0.25) is 0 Å². The molecule has 0 aliphatic carbocycles. The number of aliphatic hydroxyl groups is 2. The lowest BCUT2D eigenvalue weighted by atomic mass is 9.70. The van der Waals surface area contributed by atoms with Crippen molar-refractivity contribution < 1.29 is 28.9 Å². The number of hydrogen-bond acceptors (Lipinski definition) is 7. The van der Waals surface area contributed by atoms with Gasteiger partial charge >= 0.3 is 5.97 Å². The average molecular weight is 418 g/mol. The van der Waals surface area contributed by atoms with E-state index in [2.05, 4.69) is 16.8 Å². The SMILES string of the molecule is CC[C@@H]1CN2CC[C@@]3(O)C(=Nc4cc(F)cc(OC)c43)[C@@H]2C[C@@H]1/C(=C\O)C(=O)OC. The Hall–Kier alpha value is -2.45. The van der Waals surface area contributed by atoms with E-state index >= 15 is 0 Å². The Bertz CT molecular complexity index is 930. The van der Waals surface area contributed by atoms with Crippen molar-refractivity contribution >= 4 is 17.4 Å². The van der Waals surface area contributed by atoms with Gasteiger partial charge in [0.05, 0.1) is 49.1 Å². The fourth-order valence-electron chi connectivity index (χ4n) is 5.37. The van der Waals surface area contributed by atoms with Crippen molar-refractivity contribution in [2.24, 2.45) is 16.8 Å². The molecule has 0 spiro atoms. The number of rotatable bonds is 4. The van der Waals surface area contributed by atoms with Crippen molar-refractivity contribution in [3.8, 4) is 5.75 Å². The largest absolute Gasteiger partial charge is 0.515 e. The predicted molar refractivity (Wildman–Crippen MR) is 109 cm³/mol. The van der Waals surface area contributed by atoms with Gasteiger partial charge in [0.25, 0.3) is 0 Å². The van der Waals surface area contributed by atoms with Gasteiger partial charge in [0.1, 0.15) is 17.2 Å². The maximum absolute atomic E-state index is 14.1.